The molecule has 1 fully saturated rings. The summed E-state index contributed by atoms with van der Waals surface area (Å²) in [5.41, 5.74) is 2.54. The van der Waals surface area contributed by atoms with Gasteiger partial charge in [-0.3, -0.25) is 9.48 Å². The van der Waals surface area contributed by atoms with Crippen LogP contribution in [0.2, 0.25) is 0 Å². The van der Waals surface area contributed by atoms with Crippen LogP contribution in [0.25, 0.3) is 10.2 Å². The van der Waals surface area contributed by atoms with Crippen molar-refractivity contribution in [3.63, 3.8) is 0 Å². The molecule has 1 saturated heterocycles. The minimum absolute atomic E-state index is 0.0598. The zero-order chi connectivity index (χ0) is 20.5. The SMILES string of the molecule is CCOc1ccc2nc(N3CCN(C(=O)c4cc(C)nn4C(C)C)CC3)sc2c1. The third kappa shape index (κ3) is 3.94. The second-order valence-corrected chi connectivity index (χ2v) is 8.56. The number of aromatic nitrogens is 3. The van der Waals surface area contributed by atoms with Crippen LogP contribution in [0.1, 0.15) is 43.0 Å². The molecule has 7 nitrogen and oxygen atoms in total. The standard InChI is InChI=1S/C21H27N5O2S/c1-5-28-16-6-7-17-19(13-16)29-21(22-17)25-10-8-24(9-11-25)20(27)18-12-15(4)23-26(18)14(2)3/h6-7,12-14H,5,8-11H2,1-4H3. The lowest BCUT2D eigenvalue weighted by Crippen LogP contribution is -2.49. The van der Waals surface area contributed by atoms with Crippen LogP contribution < -0.4 is 9.64 Å². The smallest absolute Gasteiger partial charge is 0.272 e. The normalized spacial score (nSPS) is 14.8. The maximum atomic E-state index is 13.0. The third-order valence-corrected chi connectivity index (χ3v) is 6.14. The number of rotatable bonds is 5. The summed E-state index contributed by atoms with van der Waals surface area (Å²) >= 11 is 1.68. The molecule has 1 aliphatic heterocycles. The Balaban J connectivity index is 1.45. The molecule has 0 atom stereocenters. The molecule has 0 saturated carbocycles. The zero-order valence-corrected chi connectivity index (χ0v) is 18.2. The Labute approximate surface area is 174 Å². The number of carbonyl (C=O) groups excluding carboxylic acids is 1. The summed E-state index contributed by atoms with van der Waals surface area (Å²) in [7, 11) is 0. The van der Waals surface area contributed by atoms with Gasteiger partial charge in [-0.15, -0.1) is 0 Å². The van der Waals surface area contributed by atoms with Crippen molar-refractivity contribution >= 4 is 32.6 Å². The van der Waals surface area contributed by atoms with Gasteiger partial charge in [0.15, 0.2) is 5.13 Å². The second-order valence-electron chi connectivity index (χ2n) is 7.55. The average molecular weight is 414 g/mol. The highest BCUT2D eigenvalue weighted by Gasteiger charge is 2.27. The van der Waals surface area contributed by atoms with Crippen molar-refractivity contribution in [1.82, 2.24) is 19.7 Å². The predicted octanol–water partition coefficient (Wildman–Crippen LogP) is 3.74. The van der Waals surface area contributed by atoms with Gasteiger partial charge in [-0.1, -0.05) is 11.3 Å². The van der Waals surface area contributed by atoms with Gasteiger partial charge in [0.05, 0.1) is 22.5 Å². The maximum absolute atomic E-state index is 13.0. The van der Waals surface area contributed by atoms with Gasteiger partial charge in [0.2, 0.25) is 0 Å². The van der Waals surface area contributed by atoms with Crippen molar-refractivity contribution in [2.75, 3.05) is 37.7 Å². The number of benzene rings is 1. The van der Waals surface area contributed by atoms with E-state index in [4.69, 9.17) is 9.72 Å². The van der Waals surface area contributed by atoms with Crippen molar-refractivity contribution in [3.05, 3.63) is 35.7 Å². The van der Waals surface area contributed by atoms with E-state index in [0.717, 1.165) is 39.9 Å². The summed E-state index contributed by atoms with van der Waals surface area (Å²) in [6.45, 7) is 11.6. The molecule has 0 radical (unpaired) electrons. The van der Waals surface area contributed by atoms with Gasteiger partial charge in [0, 0.05) is 32.2 Å². The Morgan fingerprint density at radius 1 is 1.21 bits per heavy atom. The minimum Gasteiger partial charge on any atom is -0.494 e. The lowest BCUT2D eigenvalue weighted by atomic mass is 10.2. The maximum Gasteiger partial charge on any atom is 0.272 e. The van der Waals surface area contributed by atoms with Gasteiger partial charge in [0.1, 0.15) is 11.4 Å². The summed E-state index contributed by atoms with van der Waals surface area (Å²) in [5, 5.41) is 5.48. The number of hydrogen-bond donors (Lipinski definition) is 0. The lowest BCUT2D eigenvalue weighted by Gasteiger charge is -2.34. The highest BCUT2D eigenvalue weighted by molar-refractivity contribution is 7.22. The molecule has 0 N–H and O–H groups in total. The molecule has 154 valence electrons. The van der Waals surface area contributed by atoms with Crippen molar-refractivity contribution in [3.8, 4) is 5.75 Å². The Morgan fingerprint density at radius 2 is 1.97 bits per heavy atom. The van der Waals surface area contributed by atoms with Gasteiger partial charge in [-0.2, -0.15) is 5.10 Å². The fraction of sp³-hybridized carbons (Fsp3) is 0.476. The largest absolute Gasteiger partial charge is 0.494 e. The zero-order valence-electron chi connectivity index (χ0n) is 17.4. The summed E-state index contributed by atoms with van der Waals surface area (Å²) in [4.78, 5) is 22.0. The number of thiazole rings is 1. The molecule has 0 spiro atoms. The first-order valence-corrected chi connectivity index (χ1v) is 10.9. The predicted molar refractivity (Wildman–Crippen MR) is 116 cm³/mol. The molecule has 4 rings (SSSR count). The number of anilines is 1. The molecular weight excluding hydrogens is 386 g/mol. The number of hydrogen-bond acceptors (Lipinski definition) is 6. The van der Waals surface area contributed by atoms with Crippen LogP contribution in [0, 0.1) is 6.92 Å². The first-order valence-electron chi connectivity index (χ1n) is 10.1. The second kappa shape index (κ2) is 8.02. The molecule has 3 heterocycles. The van der Waals surface area contributed by atoms with E-state index < -0.39 is 0 Å². The van der Waals surface area contributed by atoms with Crippen LogP contribution in [-0.2, 0) is 0 Å². The fourth-order valence-corrected chi connectivity index (χ4v) is 4.66. The first-order chi connectivity index (χ1) is 14.0. The fourth-order valence-electron chi connectivity index (χ4n) is 3.62. The topological polar surface area (TPSA) is 63.5 Å². The van der Waals surface area contributed by atoms with E-state index in [1.807, 2.05) is 55.5 Å². The van der Waals surface area contributed by atoms with Crippen LogP contribution in [0.15, 0.2) is 24.3 Å². The molecule has 1 amide bonds. The van der Waals surface area contributed by atoms with Crippen molar-refractivity contribution < 1.29 is 9.53 Å². The van der Waals surface area contributed by atoms with Gasteiger partial charge in [-0.05, 0) is 52.0 Å². The van der Waals surface area contributed by atoms with Gasteiger partial charge < -0.3 is 14.5 Å². The number of aryl methyl sites for hydroxylation is 1. The number of piperazine rings is 1. The van der Waals surface area contributed by atoms with Crippen LogP contribution in [0.5, 0.6) is 5.75 Å². The Kier molecular flexibility index (Phi) is 5.45. The van der Waals surface area contributed by atoms with Gasteiger partial charge in [-0.25, -0.2) is 4.98 Å². The Morgan fingerprint density at radius 3 is 2.66 bits per heavy atom. The van der Waals surface area contributed by atoms with Crippen LogP contribution in [-0.4, -0.2) is 58.4 Å². The third-order valence-electron chi connectivity index (χ3n) is 5.06. The van der Waals surface area contributed by atoms with E-state index in [-0.39, 0.29) is 11.9 Å². The van der Waals surface area contributed by atoms with Crippen molar-refractivity contribution in [2.24, 2.45) is 0 Å². The number of fused-ring (bicyclic) bond motifs is 1. The van der Waals surface area contributed by atoms with E-state index >= 15 is 0 Å². The van der Waals surface area contributed by atoms with E-state index in [2.05, 4.69) is 16.1 Å². The summed E-state index contributed by atoms with van der Waals surface area (Å²) in [5.74, 6) is 0.937. The summed E-state index contributed by atoms with van der Waals surface area (Å²) in [6, 6.07) is 8.07. The molecule has 3 aromatic rings. The molecule has 8 heteroatoms. The monoisotopic (exact) mass is 413 g/mol. The minimum atomic E-state index is 0.0598. The van der Waals surface area contributed by atoms with Gasteiger partial charge in [0.25, 0.3) is 5.91 Å². The summed E-state index contributed by atoms with van der Waals surface area (Å²) < 4.78 is 8.55. The number of nitrogens with zero attached hydrogens (tertiary/aromatic N) is 5. The molecule has 0 bridgehead atoms. The molecule has 29 heavy (non-hydrogen) atoms. The highest BCUT2D eigenvalue weighted by atomic mass is 32.1. The average Bonchev–Trinajstić information content (AvgIpc) is 3.31. The van der Waals surface area contributed by atoms with Crippen molar-refractivity contribution in [2.45, 2.75) is 33.7 Å². The quantitative estimate of drug-likeness (QED) is 0.638. The molecule has 0 unspecified atom stereocenters. The highest BCUT2D eigenvalue weighted by Crippen LogP contribution is 2.32. The molecule has 2 aromatic heterocycles. The number of ether oxygens (including phenoxy) is 1. The Bertz CT molecular complexity index is 1020. The van der Waals surface area contributed by atoms with Crippen LogP contribution >= 0.6 is 11.3 Å². The van der Waals surface area contributed by atoms with Crippen LogP contribution in [0.3, 0.4) is 0 Å². The summed E-state index contributed by atoms with van der Waals surface area (Å²) in [6.07, 6.45) is 0. The van der Waals surface area contributed by atoms with E-state index in [0.29, 0.717) is 25.4 Å². The number of amides is 1. The molecule has 0 aliphatic carbocycles. The molecule has 1 aliphatic rings. The van der Waals surface area contributed by atoms with E-state index in [9.17, 15) is 4.79 Å². The van der Waals surface area contributed by atoms with Crippen molar-refractivity contribution in [1.29, 1.82) is 0 Å². The lowest BCUT2D eigenvalue weighted by molar-refractivity contribution is 0.0732. The first kappa shape index (κ1) is 19.7. The van der Waals surface area contributed by atoms with E-state index in [1.54, 1.807) is 11.3 Å². The van der Waals surface area contributed by atoms with Crippen LogP contribution in [0.4, 0.5) is 5.13 Å². The molecule has 1 aromatic carbocycles. The Hall–Kier alpha value is -2.61. The number of carbonyl (C=O) groups is 1. The van der Waals surface area contributed by atoms with E-state index in [1.165, 1.54) is 0 Å². The van der Waals surface area contributed by atoms with Gasteiger partial charge >= 0.3 is 0 Å². The molecular formula is C21H27N5O2S.